The number of rotatable bonds is 2. The van der Waals surface area contributed by atoms with Gasteiger partial charge in [-0.1, -0.05) is 36.8 Å². The molecule has 0 bridgehead atoms. The number of aryl methyl sites for hydroxylation is 2. The highest BCUT2D eigenvalue weighted by Crippen LogP contribution is 2.60. The van der Waals surface area contributed by atoms with Crippen LogP contribution in [0.3, 0.4) is 0 Å². The van der Waals surface area contributed by atoms with E-state index in [1.54, 1.807) is 0 Å². The van der Waals surface area contributed by atoms with Crippen molar-refractivity contribution in [3.05, 3.63) is 59.2 Å². The van der Waals surface area contributed by atoms with Crippen LogP contribution < -0.4 is 10.2 Å². The summed E-state index contributed by atoms with van der Waals surface area (Å²) in [4.78, 5) is 44.7. The van der Waals surface area contributed by atoms with E-state index < -0.39 is 17.4 Å². The third kappa shape index (κ3) is 2.18. The van der Waals surface area contributed by atoms with Crippen LogP contribution in [0.2, 0.25) is 0 Å². The van der Waals surface area contributed by atoms with Gasteiger partial charge in [0, 0.05) is 17.3 Å². The maximum absolute atomic E-state index is 13.9. The number of hydrogen-bond acceptors (Lipinski definition) is 4. The van der Waals surface area contributed by atoms with Gasteiger partial charge in [-0.05, 0) is 56.5 Å². The van der Waals surface area contributed by atoms with Gasteiger partial charge in [-0.3, -0.25) is 19.3 Å². The van der Waals surface area contributed by atoms with Crippen molar-refractivity contribution in [2.75, 3.05) is 16.8 Å². The molecule has 3 amide bonds. The van der Waals surface area contributed by atoms with Crippen LogP contribution in [0.5, 0.6) is 0 Å². The maximum Gasteiger partial charge on any atom is 0.250 e. The zero-order chi connectivity index (χ0) is 21.5. The molecule has 4 heterocycles. The second-order valence-corrected chi connectivity index (χ2v) is 9.21. The Balaban J connectivity index is 1.53. The van der Waals surface area contributed by atoms with Crippen LogP contribution in [0.15, 0.2) is 42.5 Å². The van der Waals surface area contributed by atoms with E-state index in [2.05, 4.69) is 17.1 Å². The van der Waals surface area contributed by atoms with Crippen molar-refractivity contribution in [2.45, 2.75) is 44.7 Å². The van der Waals surface area contributed by atoms with Crippen molar-refractivity contribution >= 4 is 29.1 Å². The SMILES string of the molecule is CCc1ccc(N2C(=O)C3C4CCCN4C4(C(=O)Nc5ccc(C)cc54)C3C2=O)cc1. The molecule has 1 spiro atoms. The Morgan fingerprint density at radius 3 is 2.58 bits per heavy atom. The van der Waals surface area contributed by atoms with Crippen LogP contribution in [0.4, 0.5) is 11.4 Å². The molecule has 31 heavy (non-hydrogen) atoms. The van der Waals surface area contributed by atoms with E-state index in [-0.39, 0.29) is 23.8 Å². The summed E-state index contributed by atoms with van der Waals surface area (Å²) in [5.74, 6) is -1.77. The van der Waals surface area contributed by atoms with Crippen LogP contribution in [0.25, 0.3) is 0 Å². The lowest BCUT2D eigenvalue weighted by Crippen LogP contribution is -2.54. The van der Waals surface area contributed by atoms with Crippen LogP contribution in [0.1, 0.15) is 36.5 Å². The second-order valence-electron chi connectivity index (χ2n) is 9.21. The van der Waals surface area contributed by atoms with E-state index in [9.17, 15) is 14.4 Å². The molecule has 2 aromatic rings. The molecule has 0 aromatic heterocycles. The van der Waals surface area contributed by atoms with E-state index in [0.29, 0.717) is 5.69 Å². The Morgan fingerprint density at radius 2 is 1.84 bits per heavy atom. The normalized spacial score (nSPS) is 31.4. The standard InChI is InChI=1S/C25H25N3O3/c1-3-15-7-9-16(10-8-15)28-22(29)20-19-5-4-12-27(19)25(21(20)23(28)30)17-13-14(2)6-11-18(17)26-24(25)31/h6-11,13,19-21H,3-5,12H2,1-2H3,(H,26,31). The van der Waals surface area contributed by atoms with Gasteiger partial charge in [-0.2, -0.15) is 0 Å². The molecule has 3 fully saturated rings. The minimum atomic E-state index is -1.10. The minimum Gasteiger partial charge on any atom is -0.324 e. The molecule has 158 valence electrons. The van der Waals surface area contributed by atoms with Crippen molar-refractivity contribution in [3.63, 3.8) is 0 Å². The molecule has 0 aliphatic carbocycles. The first-order valence-electron chi connectivity index (χ1n) is 11.1. The molecule has 1 N–H and O–H groups in total. The highest BCUT2D eigenvalue weighted by atomic mass is 16.2. The number of fused-ring (bicyclic) bond motifs is 7. The topological polar surface area (TPSA) is 69.7 Å². The zero-order valence-electron chi connectivity index (χ0n) is 17.7. The largest absolute Gasteiger partial charge is 0.324 e. The van der Waals surface area contributed by atoms with E-state index in [1.807, 2.05) is 49.4 Å². The van der Waals surface area contributed by atoms with Gasteiger partial charge in [0.2, 0.25) is 17.7 Å². The molecule has 4 unspecified atom stereocenters. The molecule has 6 rings (SSSR count). The van der Waals surface area contributed by atoms with Crippen LogP contribution in [0, 0.1) is 18.8 Å². The molecule has 4 atom stereocenters. The lowest BCUT2D eigenvalue weighted by atomic mass is 9.75. The van der Waals surface area contributed by atoms with E-state index >= 15 is 0 Å². The van der Waals surface area contributed by atoms with E-state index in [0.717, 1.165) is 48.2 Å². The lowest BCUT2D eigenvalue weighted by molar-refractivity contribution is -0.135. The summed E-state index contributed by atoms with van der Waals surface area (Å²) in [6, 6.07) is 13.4. The predicted molar refractivity (Wildman–Crippen MR) is 117 cm³/mol. The average Bonchev–Trinajstić information content (AvgIpc) is 3.47. The molecular formula is C25H25N3O3. The number of nitrogens with one attached hydrogen (secondary N) is 1. The number of imide groups is 1. The summed E-state index contributed by atoms with van der Waals surface area (Å²) in [5, 5.41) is 3.03. The van der Waals surface area contributed by atoms with Gasteiger partial charge in [-0.15, -0.1) is 0 Å². The van der Waals surface area contributed by atoms with Crippen molar-refractivity contribution in [1.29, 1.82) is 0 Å². The highest BCUT2D eigenvalue weighted by molar-refractivity contribution is 6.25. The predicted octanol–water partition coefficient (Wildman–Crippen LogP) is 2.99. The highest BCUT2D eigenvalue weighted by Gasteiger charge is 2.74. The fourth-order valence-corrected chi connectivity index (χ4v) is 6.45. The first-order chi connectivity index (χ1) is 15.0. The number of anilines is 2. The molecule has 3 saturated heterocycles. The van der Waals surface area contributed by atoms with Crippen LogP contribution in [-0.4, -0.2) is 35.2 Å². The third-order valence-electron chi connectivity index (χ3n) is 7.75. The van der Waals surface area contributed by atoms with Crippen molar-refractivity contribution in [3.8, 4) is 0 Å². The smallest absolute Gasteiger partial charge is 0.250 e. The Labute approximate surface area is 181 Å². The molecule has 6 heteroatoms. The van der Waals surface area contributed by atoms with Gasteiger partial charge in [0.05, 0.1) is 17.5 Å². The summed E-state index contributed by atoms with van der Waals surface area (Å²) >= 11 is 0. The average molecular weight is 415 g/mol. The number of carbonyl (C=O) groups is 3. The summed E-state index contributed by atoms with van der Waals surface area (Å²) in [6.07, 6.45) is 2.65. The molecule has 0 saturated carbocycles. The van der Waals surface area contributed by atoms with Gasteiger partial charge < -0.3 is 5.32 Å². The van der Waals surface area contributed by atoms with Crippen molar-refractivity contribution in [2.24, 2.45) is 11.8 Å². The Bertz CT molecular complexity index is 1140. The van der Waals surface area contributed by atoms with Gasteiger partial charge >= 0.3 is 0 Å². The zero-order valence-corrected chi connectivity index (χ0v) is 17.7. The number of nitrogens with zero attached hydrogens (tertiary/aromatic N) is 2. The van der Waals surface area contributed by atoms with Gasteiger partial charge in [0.15, 0.2) is 0 Å². The quantitative estimate of drug-likeness (QED) is 0.766. The molecule has 2 aromatic carbocycles. The second kappa shape index (κ2) is 6.26. The first kappa shape index (κ1) is 18.8. The molecule has 6 nitrogen and oxygen atoms in total. The Hall–Kier alpha value is -2.99. The third-order valence-corrected chi connectivity index (χ3v) is 7.75. The fraction of sp³-hybridized carbons (Fsp3) is 0.400. The summed E-state index contributed by atoms with van der Waals surface area (Å²) < 4.78 is 0. The summed E-state index contributed by atoms with van der Waals surface area (Å²) in [7, 11) is 0. The van der Waals surface area contributed by atoms with E-state index in [4.69, 9.17) is 0 Å². The first-order valence-corrected chi connectivity index (χ1v) is 11.1. The summed E-state index contributed by atoms with van der Waals surface area (Å²) in [5.41, 5.74) is 3.30. The van der Waals surface area contributed by atoms with Crippen molar-refractivity contribution < 1.29 is 14.4 Å². The van der Waals surface area contributed by atoms with Gasteiger partial charge in [0.25, 0.3) is 0 Å². The van der Waals surface area contributed by atoms with E-state index in [1.165, 1.54) is 4.90 Å². The number of amides is 3. The minimum absolute atomic E-state index is 0.0847. The molecule has 0 radical (unpaired) electrons. The number of carbonyl (C=O) groups excluding carboxylic acids is 3. The lowest BCUT2D eigenvalue weighted by Gasteiger charge is -2.36. The fourth-order valence-electron chi connectivity index (χ4n) is 6.45. The number of benzene rings is 2. The van der Waals surface area contributed by atoms with Crippen molar-refractivity contribution in [1.82, 2.24) is 4.90 Å². The molecule has 4 aliphatic heterocycles. The maximum atomic E-state index is 13.9. The monoisotopic (exact) mass is 415 g/mol. The molecular weight excluding hydrogens is 390 g/mol. The Kier molecular flexibility index (Phi) is 3.79. The van der Waals surface area contributed by atoms with Crippen LogP contribution in [-0.2, 0) is 26.3 Å². The summed E-state index contributed by atoms with van der Waals surface area (Å²) in [6.45, 7) is 4.79. The van der Waals surface area contributed by atoms with Gasteiger partial charge in [0.1, 0.15) is 5.54 Å². The number of hydrogen-bond donors (Lipinski definition) is 1. The Morgan fingerprint density at radius 1 is 1.06 bits per heavy atom. The molecule has 4 aliphatic rings. The van der Waals surface area contributed by atoms with Crippen LogP contribution >= 0.6 is 0 Å². The van der Waals surface area contributed by atoms with Gasteiger partial charge in [-0.25, -0.2) is 4.90 Å².